The van der Waals surface area contributed by atoms with Crippen molar-refractivity contribution in [1.29, 1.82) is 0 Å². The van der Waals surface area contributed by atoms with Crippen LogP contribution >= 0.6 is 11.6 Å². The molecule has 0 spiro atoms. The highest BCUT2D eigenvalue weighted by molar-refractivity contribution is 6.34. The Hall–Kier alpha value is -2.60. The average Bonchev–Trinajstić information content (AvgIpc) is 2.47. The highest BCUT2D eigenvalue weighted by atomic mass is 35.5. The van der Waals surface area contributed by atoms with Gasteiger partial charge in [0.2, 0.25) is 0 Å². The van der Waals surface area contributed by atoms with Gasteiger partial charge in [0.1, 0.15) is 5.75 Å². The van der Waals surface area contributed by atoms with Crippen molar-refractivity contribution < 1.29 is 14.8 Å². The second-order valence-corrected chi connectivity index (χ2v) is 7.19. The summed E-state index contributed by atoms with van der Waals surface area (Å²) >= 11 is 6.01. The van der Waals surface area contributed by atoms with E-state index >= 15 is 0 Å². The average molecular weight is 363 g/mol. The van der Waals surface area contributed by atoms with Crippen LogP contribution in [-0.4, -0.2) is 15.9 Å². The number of nitro groups is 1. The summed E-state index contributed by atoms with van der Waals surface area (Å²) in [5.74, 6) is -0.611. The number of phenolic OH excluding ortho intramolecular Hbond substituents is 1. The molecule has 2 aromatic rings. The molecule has 1 amide bonds. The van der Waals surface area contributed by atoms with Crippen molar-refractivity contribution in [3.05, 3.63) is 62.2 Å². The molecular weight excluding hydrogens is 344 g/mol. The number of non-ortho nitro benzene ring substituents is 1. The molecular formula is C18H19ClN2O4. The fourth-order valence-corrected chi connectivity index (χ4v) is 2.71. The van der Waals surface area contributed by atoms with Crippen LogP contribution in [0, 0.1) is 17.0 Å². The number of aromatic hydroxyl groups is 1. The maximum atomic E-state index is 12.6. The molecule has 0 saturated carbocycles. The smallest absolute Gasteiger partial charge is 0.271 e. The van der Waals surface area contributed by atoms with Gasteiger partial charge in [-0.2, -0.15) is 0 Å². The summed E-state index contributed by atoms with van der Waals surface area (Å²) in [6.07, 6.45) is 0. The Morgan fingerprint density at radius 1 is 1.24 bits per heavy atom. The summed E-state index contributed by atoms with van der Waals surface area (Å²) in [6.45, 7) is 7.53. The van der Waals surface area contributed by atoms with Crippen LogP contribution in [0.1, 0.15) is 42.3 Å². The van der Waals surface area contributed by atoms with Crippen LogP contribution in [0.5, 0.6) is 5.75 Å². The molecule has 0 saturated heterocycles. The molecule has 0 aliphatic heterocycles. The van der Waals surface area contributed by atoms with Crippen molar-refractivity contribution in [3.8, 4) is 5.75 Å². The van der Waals surface area contributed by atoms with E-state index in [2.05, 4.69) is 5.32 Å². The van der Waals surface area contributed by atoms with Gasteiger partial charge < -0.3 is 10.4 Å². The Labute approximate surface area is 150 Å². The van der Waals surface area contributed by atoms with E-state index < -0.39 is 10.8 Å². The molecule has 0 fully saturated rings. The maximum absolute atomic E-state index is 12.6. The van der Waals surface area contributed by atoms with Gasteiger partial charge in [-0.15, -0.1) is 0 Å². The van der Waals surface area contributed by atoms with Gasteiger partial charge in [-0.05, 0) is 24.0 Å². The van der Waals surface area contributed by atoms with E-state index in [1.807, 2.05) is 20.8 Å². The topological polar surface area (TPSA) is 92.5 Å². The minimum absolute atomic E-state index is 0.0478. The molecule has 132 valence electrons. The standard InChI is InChI=1S/C18H19ClN2O4/c1-10-5-7-12(18(2,3)4)16(22)15(10)17(23)20-14-8-6-11(21(24)25)9-13(14)19/h5-9,22H,1-4H3,(H,20,23). The molecule has 2 N–H and O–H groups in total. The van der Waals surface area contributed by atoms with Gasteiger partial charge >= 0.3 is 0 Å². The van der Waals surface area contributed by atoms with Crippen LogP contribution in [-0.2, 0) is 5.41 Å². The summed E-state index contributed by atoms with van der Waals surface area (Å²) in [7, 11) is 0. The third-order valence-electron chi connectivity index (χ3n) is 3.83. The fourth-order valence-electron chi connectivity index (χ4n) is 2.49. The normalized spacial score (nSPS) is 11.2. The monoisotopic (exact) mass is 362 g/mol. The molecule has 0 aliphatic rings. The van der Waals surface area contributed by atoms with Crippen molar-refractivity contribution in [3.63, 3.8) is 0 Å². The first-order valence-electron chi connectivity index (χ1n) is 7.60. The lowest BCUT2D eigenvalue weighted by atomic mass is 9.84. The molecule has 2 rings (SSSR count). The third kappa shape index (κ3) is 3.91. The zero-order chi connectivity index (χ0) is 18.9. The van der Waals surface area contributed by atoms with Gasteiger partial charge in [-0.1, -0.05) is 44.5 Å². The Kier molecular flexibility index (Phi) is 5.04. The minimum atomic E-state index is -0.569. The number of anilines is 1. The van der Waals surface area contributed by atoms with E-state index in [9.17, 15) is 20.0 Å². The van der Waals surface area contributed by atoms with Gasteiger partial charge in [0.25, 0.3) is 11.6 Å². The van der Waals surface area contributed by atoms with Crippen molar-refractivity contribution in [1.82, 2.24) is 0 Å². The van der Waals surface area contributed by atoms with Gasteiger partial charge in [-0.25, -0.2) is 0 Å². The Balaban J connectivity index is 2.41. The molecule has 0 bridgehead atoms. The number of rotatable bonds is 3. The first kappa shape index (κ1) is 18.7. The number of hydrogen-bond donors (Lipinski definition) is 2. The second kappa shape index (κ2) is 6.72. The molecule has 2 aromatic carbocycles. The lowest BCUT2D eigenvalue weighted by Crippen LogP contribution is -2.18. The first-order chi connectivity index (χ1) is 11.5. The summed E-state index contributed by atoms with van der Waals surface area (Å²) < 4.78 is 0. The zero-order valence-electron chi connectivity index (χ0n) is 14.4. The molecule has 25 heavy (non-hydrogen) atoms. The molecule has 0 atom stereocenters. The van der Waals surface area contributed by atoms with E-state index in [4.69, 9.17) is 11.6 Å². The molecule has 6 nitrogen and oxygen atoms in total. The highest BCUT2D eigenvalue weighted by Gasteiger charge is 2.24. The van der Waals surface area contributed by atoms with Crippen molar-refractivity contribution in [2.75, 3.05) is 5.32 Å². The van der Waals surface area contributed by atoms with Crippen LogP contribution in [0.25, 0.3) is 0 Å². The van der Waals surface area contributed by atoms with Gasteiger partial charge in [0, 0.05) is 17.7 Å². The lowest BCUT2D eigenvalue weighted by molar-refractivity contribution is -0.384. The van der Waals surface area contributed by atoms with Crippen LogP contribution < -0.4 is 5.32 Å². The fraction of sp³-hybridized carbons (Fsp3) is 0.278. The predicted octanol–water partition coefficient (Wildman–Crippen LogP) is 4.81. The number of carbonyl (C=O) groups is 1. The van der Waals surface area contributed by atoms with E-state index in [-0.39, 0.29) is 33.1 Å². The molecule has 0 aliphatic carbocycles. The molecule has 0 aromatic heterocycles. The third-order valence-corrected chi connectivity index (χ3v) is 4.15. The summed E-state index contributed by atoms with van der Waals surface area (Å²) in [5, 5.41) is 24.0. The summed E-state index contributed by atoms with van der Waals surface area (Å²) in [6, 6.07) is 7.33. The number of nitro benzene ring substituents is 1. The zero-order valence-corrected chi connectivity index (χ0v) is 15.1. The Morgan fingerprint density at radius 2 is 1.88 bits per heavy atom. The Bertz CT molecular complexity index is 857. The highest BCUT2D eigenvalue weighted by Crippen LogP contribution is 2.35. The number of nitrogens with one attached hydrogen (secondary N) is 1. The summed E-state index contributed by atoms with van der Waals surface area (Å²) in [4.78, 5) is 22.8. The van der Waals surface area contributed by atoms with E-state index in [1.165, 1.54) is 12.1 Å². The van der Waals surface area contributed by atoms with Crippen molar-refractivity contribution in [2.45, 2.75) is 33.1 Å². The second-order valence-electron chi connectivity index (χ2n) is 6.78. The predicted molar refractivity (Wildman–Crippen MR) is 97.6 cm³/mol. The van der Waals surface area contributed by atoms with Crippen LogP contribution in [0.4, 0.5) is 11.4 Å². The quantitative estimate of drug-likeness (QED) is 0.605. The van der Waals surface area contributed by atoms with Gasteiger partial charge in [0.15, 0.2) is 0 Å². The van der Waals surface area contributed by atoms with Gasteiger partial charge in [0.05, 0.1) is 21.2 Å². The number of benzene rings is 2. The van der Waals surface area contributed by atoms with E-state index in [1.54, 1.807) is 19.1 Å². The maximum Gasteiger partial charge on any atom is 0.271 e. The number of amides is 1. The number of phenols is 1. The van der Waals surface area contributed by atoms with Crippen LogP contribution in [0.2, 0.25) is 5.02 Å². The van der Waals surface area contributed by atoms with Crippen LogP contribution in [0.3, 0.4) is 0 Å². The minimum Gasteiger partial charge on any atom is -0.507 e. The summed E-state index contributed by atoms with van der Waals surface area (Å²) in [5.41, 5.74) is 1.15. The lowest BCUT2D eigenvalue weighted by Gasteiger charge is -2.22. The Morgan fingerprint density at radius 3 is 2.40 bits per heavy atom. The molecule has 0 heterocycles. The number of aryl methyl sites for hydroxylation is 1. The SMILES string of the molecule is Cc1ccc(C(C)(C)C)c(O)c1C(=O)Nc1ccc([N+](=O)[O-])cc1Cl. The number of hydrogen-bond acceptors (Lipinski definition) is 4. The molecule has 7 heteroatoms. The van der Waals surface area contributed by atoms with Crippen molar-refractivity contribution in [2.24, 2.45) is 0 Å². The van der Waals surface area contributed by atoms with Gasteiger partial charge in [-0.3, -0.25) is 14.9 Å². The van der Waals surface area contributed by atoms with E-state index in [0.717, 1.165) is 6.07 Å². The van der Waals surface area contributed by atoms with Crippen molar-refractivity contribution >= 4 is 28.9 Å². The number of carbonyl (C=O) groups excluding carboxylic acids is 1. The number of halogens is 1. The van der Waals surface area contributed by atoms with E-state index in [0.29, 0.717) is 11.1 Å². The number of nitrogens with zero attached hydrogens (tertiary/aromatic N) is 1. The molecule has 0 unspecified atom stereocenters. The largest absolute Gasteiger partial charge is 0.507 e. The first-order valence-corrected chi connectivity index (χ1v) is 7.98. The van der Waals surface area contributed by atoms with Crippen LogP contribution in [0.15, 0.2) is 30.3 Å². The molecule has 0 radical (unpaired) electrons.